The number of benzene rings is 1. The second-order valence-corrected chi connectivity index (χ2v) is 15.0. The van der Waals surface area contributed by atoms with Crippen LogP contribution in [-0.2, 0) is 24.6 Å². The Balaban J connectivity index is 1.12. The van der Waals surface area contributed by atoms with E-state index >= 15 is 0 Å². The Morgan fingerprint density at radius 2 is 1.94 bits per heavy atom. The number of carbonyl (C=O) groups is 1. The van der Waals surface area contributed by atoms with E-state index in [2.05, 4.69) is 15.1 Å². The summed E-state index contributed by atoms with van der Waals surface area (Å²) in [5.41, 5.74) is 5.22. The van der Waals surface area contributed by atoms with Gasteiger partial charge < -0.3 is 29.5 Å². The molecular formula is C36H43FN8O4. The normalized spacial score (nSPS) is 21.5. The highest BCUT2D eigenvalue weighted by molar-refractivity contribution is 5.89. The van der Waals surface area contributed by atoms with Crippen molar-refractivity contribution in [3.63, 3.8) is 0 Å². The number of fused-ring (bicyclic) bond motifs is 3. The van der Waals surface area contributed by atoms with Gasteiger partial charge in [0.15, 0.2) is 29.0 Å². The molecule has 1 aliphatic carbocycles. The van der Waals surface area contributed by atoms with E-state index in [1.165, 1.54) is 6.07 Å². The van der Waals surface area contributed by atoms with Gasteiger partial charge in [-0.05, 0) is 100.0 Å². The predicted molar refractivity (Wildman–Crippen MR) is 183 cm³/mol. The van der Waals surface area contributed by atoms with Crippen molar-refractivity contribution in [2.45, 2.75) is 83.4 Å². The second kappa shape index (κ2) is 11.5. The first-order chi connectivity index (χ1) is 23.4. The molecule has 258 valence electrons. The molecule has 2 N–H and O–H groups in total. The van der Waals surface area contributed by atoms with Crippen molar-refractivity contribution >= 4 is 34.6 Å². The van der Waals surface area contributed by atoms with Crippen molar-refractivity contribution in [3.05, 3.63) is 69.0 Å². The maximum absolute atomic E-state index is 14.4. The number of ether oxygens (including phenoxy) is 1. The highest BCUT2D eigenvalue weighted by Crippen LogP contribution is 2.56. The Hall–Kier alpha value is -4.52. The van der Waals surface area contributed by atoms with Gasteiger partial charge in [0.2, 0.25) is 0 Å². The van der Waals surface area contributed by atoms with Crippen molar-refractivity contribution < 1.29 is 19.0 Å². The van der Waals surface area contributed by atoms with Crippen molar-refractivity contribution in [3.8, 4) is 0 Å². The zero-order valence-electron chi connectivity index (χ0n) is 28.5. The molecule has 2 fully saturated rings. The highest BCUT2D eigenvalue weighted by atomic mass is 19.1. The van der Waals surface area contributed by atoms with Gasteiger partial charge in [-0.1, -0.05) is 6.07 Å². The molecule has 8 rings (SSSR count). The molecule has 2 saturated heterocycles. The van der Waals surface area contributed by atoms with Gasteiger partial charge in [0.25, 0.3) is 5.56 Å². The van der Waals surface area contributed by atoms with Gasteiger partial charge in [0.05, 0.1) is 18.0 Å². The topological polar surface area (TPSA) is 131 Å². The molecule has 4 aromatic rings. The number of anilines is 3. The SMILES string of the molecule is Cc1nc2c(N3CCCc4c3ccn(C)c4=O)nn(C3CCO3)c2nc1N1CCC2(CC1)Cc1cc(F)ccc1[C@H]2CC(C)(C)NC(=O)O. The Bertz CT molecular complexity index is 2030. The molecule has 12 nitrogen and oxygen atoms in total. The second-order valence-electron chi connectivity index (χ2n) is 15.0. The van der Waals surface area contributed by atoms with Crippen LogP contribution in [0.25, 0.3) is 11.2 Å². The van der Waals surface area contributed by atoms with E-state index in [4.69, 9.17) is 19.8 Å². The van der Waals surface area contributed by atoms with Gasteiger partial charge in [-0.3, -0.25) is 4.79 Å². The average Bonchev–Trinajstić information content (AvgIpc) is 3.51. The van der Waals surface area contributed by atoms with E-state index in [0.717, 1.165) is 92.0 Å². The Morgan fingerprint density at radius 3 is 2.65 bits per heavy atom. The minimum Gasteiger partial charge on any atom is -0.465 e. The molecule has 0 radical (unpaired) electrons. The van der Waals surface area contributed by atoms with Crippen LogP contribution in [0.1, 0.15) is 80.5 Å². The molecule has 1 aromatic carbocycles. The lowest BCUT2D eigenvalue weighted by Crippen LogP contribution is -2.48. The molecule has 3 aliphatic heterocycles. The quantitative estimate of drug-likeness (QED) is 0.279. The number of aryl methyl sites for hydroxylation is 2. The minimum atomic E-state index is -1.04. The number of pyridine rings is 1. The van der Waals surface area contributed by atoms with Crippen LogP contribution in [0, 0.1) is 18.2 Å². The maximum Gasteiger partial charge on any atom is 0.405 e. The molecular weight excluding hydrogens is 627 g/mol. The fraction of sp³-hybridized carbons (Fsp3) is 0.528. The van der Waals surface area contributed by atoms with Gasteiger partial charge in [0, 0.05) is 50.4 Å². The van der Waals surface area contributed by atoms with E-state index < -0.39 is 11.6 Å². The lowest BCUT2D eigenvalue weighted by atomic mass is 9.66. The number of aromatic nitrogens is 5. The van der Waals surface area contributed by atoms with Crippen LogP contribution in [0.15, 0.2) is 35.3 Å². The third-order valence-electron chi connectivity index (χ3n) is 11.3. The summed E-state index contributed by atoms with van der Waals surface area (Å²) in [6.45, 7) is 8.70. The average molecular weight is 671 g/mol. The number of halogens is 1. The Kier molecular flexibility index (Phi) is 7.47. The largest absolute Gasteiger partial charge is 0.465 e. The van der Waals surface area contributed by atoms with Gasteiger partial charge >= 0.3 is 6.09 Å². The van der Waals surface area contributed by atoms with Crippen LogP contribution in [0.3, 0.4) is 0 Å². The molecule has 1 amide bonds. The van der Waals surface area contributed by atoms with E-state index in [1.54, 1.807) is 23.9 Å². The van der Waals surface area contributed by atoms with E-state index in [0.29, 0.717) is 30.0 Å². The summed E-state index contributed by atoms with van der Waals surface area (Å²) in [7, 11) is 1.78. The van der Waals surface area contributed by atoms with Gasteiger partial charge in [-0.25, -0.2) is 23.8 Å². The highest BCUT2D eigenvalue weighted by Gasteiger charge is 2.49. The molecule has 6 heterocycles. The summed E-state index contributed by atoms with van der Waals surface area (Å²) in [6.07, 6.45) is 6.03. The lowest BCUT2D eigenvalue weighted by molar-refractivity contribution is -0.104. The number of hydrogen-bond donors (Lipinski definition) is 2. The summed E-state index contributed by atoms with van der Waals surface area (Å²) in [5.74, 6) is 1.35. The maximum atomic E-state index is 14.4. The number of amides is 1. The Morgan fingerprint density at radius 1 is 1.16 bits per heavy atom. The Labute approximate surface area is 283 Å². The zero-order valence-corrected chi connectivity index (χ0v) is 28.5. The van der Waals surface area contributed by atoms with Crippen LogP contribution >= 0.6 is 0 Å². The predicted octanol–water partition coefficient (Wildman–Crippen LogP) is 5.34. The first kappa shape index (κ1) is 31.7. The van der Waals surface area contributed by atoms with Crippen molar-refractivity contribution in [2.75, 3.05) is 36.0 Å². The zero-order chi connectivity index (χ0) is 34.2. The van der Waals surface area contributed by atoms with Gasteiger partial charge in [-0.15, -0.1) is 5.10 Å². The third-order valence-corrected chi connectivity index (χ3v) is 11.3. The lowest BCUT2D eigenvalue weighted by Gasteiger charge is -2.46. The molecule has 4 aliphatic rings. The monoisotopic (exact) mass is 670 g/mol. The number of nitrogens with one attached hydrogen (secondary N) is 1. The molecule has 13 heteroatoms. The van der Waals surface area contributed by atoms with E-state index in [1.807, 2.05) is 37.6 Å². The number of hydrogen-bond acceptors (Lipinski definition) is 8. The summed E-state index contributed by atoms with van der Waals surface area (Å²) in [6, 6.07) is 7.07. The fourth-order valence-electron chi connectivity index (χ4n) is 8.79. The number of piperidine rings is 1. The minimum absolute atomic E-state index is 0.0140. The van der Waals surface area contributed by atoms with Crippen molar-refractivity contribution in [2.24, 2.45) is 12.5 Å². The van der Waals surface area contributed by atoms with Crippen LogP contribution < -0.4 is 20.7 Å². The van der Waals surface area contributed by atoms with Crippen LogP contribution in [0.5, 0.6) is 0 Å². The molecule has 49 heavy (non-hydrogen) atoms. The molecule has 0 bridgehead atoms. The standard InChI is InChI=1S/C36H43FN8O4/c1-21-30(43-15-11-36(12-16-43)19-22-18-23(37)7-8-24(22)26(36)20-35(2,3)40-34(47)48)39-31-29(38-21)32(41-45(31)28-10-17-49-28)44-13-5-6-25-27(44)9-14-42(4)33(25)46/h7-9,14,18,26,28,40H,5-6,10-13,15-17,19-20H2,1-4H3,(H,47,48)/t26-,28?/m1/s1. The van der Waals surface area contributed by atoms with Crippen LogP contribution in [0.2, 0.25) is 0 Å². The summed E-state index contributed by atoms with van der Waals surface area (Å²) < 4.78 is 23.8. The third kappa shape index (κ3) is 5.33. The number of nitrogens with zero attached hydrogens (tertiary/aromatic N) is 7. The molecule has 1 unspecified atom stereocenters. The van der Waals surface area contributed by atoms with Gasteiger partial charge in [-0.2, -0.15) is 0 Å². The first-order valence-corrected chi connectivity index (χ1v) is 17.3. The molecule has 0 saturated carbocycles. The molecule has 2 atom stereocenters. The summed E-state index contributed by atoms with van der Waals surface area (Å²) >= 11 is 0. The molecule has 1 spiro atoms. The summed E-state index contributed by atoms with van der Waals surface area (Å²) in [4.78, 5) is 39.4. The van der Waals surface area contributed by atoms with E-state index in [9.17, 15) is 19.1 Å². The fourth-order valence-corrected chi connectivity index (χ4v) is 8.79. The number of carboxylic acid groups (broad SMARTS) is 1. The smallest absolute Gasteiger partial charge is 0.405 e. The van der Waals surface area contributed by atoms with Gasteiger partial charge in [0.1, 0.15) is 5.82 Å². The summed E-state index contributed by atoms with van der Waals surface area (Å²) in [5, 5.41) is 17.3. The number of rotatable bonds is 6. The van der Waals surface area contributed by atoms with E-state index in [-0.39, 0.29) is 28.9 Å². The molecule has 3 aromatic heterocycles. The van der Waals surface area contributed by atoms with Crippen molar-refractivity contribution in [1.82, 2.24) is 29.6 Å². The van der Waals surface area contributed by atoms with Crippen LogP contribution in [-0.4, -0.2) is 67.3 Å². The first-order valence-electron chi connectivity index (χ1n) is 17.3. The van der Waals surface area contributed by atoms with Crippen molar-refractivity contribution in [1.29, 1.82) is 0 Å². The van der Waals surface area contributed by atoms with Crippen LogP contribution in [0.4, 0.5) is 26.5 Å².